The molecule has 6 nitrogen and oxygen atoms in total. The number of aromatic nitrogens is 6. The number of rotatable bonds is 12. The number of nitrogens with zero attached hydrogens (tertiary/aromatic N) is 6. The van der Waals surface area contributed by atoms with Crippen LogP contribution in [0.15, 0.2) is 510 Å². The fourth-order valence-electron chi connectivity index (χ4n) is 23.0. The van der Waals surface area contributed by atoms with Gasteiger partial charge in [-0.3, -0.25) is 15.0 Å². The highest BCUT2D eigenvalue weighted by molar-refractivity contribution is 6.31. The zero-order valence-corrected chi connectivity index (χ0v) is 76.7. The number of pyridine rings is 3. The monoisotopic (exact) mass is 1790 g/mol. The third kappa shape index (κ3) is 13.4. The zero-order chi connectivity index (χ0) is 92.7. The second kappa shape index (κ2) is 33.1. The average molecular weight is 1790 g/mol. The fourth-order valence-corrected chi connectivity index (χ4v) is 23.0. The summed E-state index contributed by atoms with van der Waals surface area (Å²) < 4.78 is 7.16. The van der Waals surface area contributed by atoms with Gasteiger partial charge in [0.1, 0.15) is 0 Å². The maximum absolute atomic E-state index is 4.30. The smallest absolute Gasteiger partial charge is 0.0541 e. The third-order valence-corrected chi connectivity index (χ3v) is 29.6. The van der Waals surface area contributed by atoms with Crippen molar-refractivity contribution in [1.29, 1.82) is 0 Å². The van der Waals surface area contributed by atoms with Crippen LogP contribution < -0.4 is 0 Å². The highest BCUT2D eigenvalue weighted by Gasteiger charge is 2.24. The van der Waals surface area contributed by atoms with Crippen molar-refractivity contribution in [3.63, 3.8) is 0 Å². The van der Waals surface area contributed by atoms with Gasteiger partial charge >= 0.3 is 0 Å². The molecule has 0 unspecified atom stereocenters. The minimum atomic E-state index is 1.13. The van der Waals surface area contributed by atoms with Gasteiger partial charge in [-0.25, -0.2) is 0 Å². The van der Waals surface area contributed by atoms with Crippen molar-refractivity contribution in [3.8, 4) is 117 Å². The standard InChI is InChI=1S/3C45H28N2/c1-3-12-42-38(10-1)39-11-2-4-13-43(39)47(42)35-9-5-7-33(27-35)37-23-19-32-20-24-40-36(22-18-31-21-25-41(37)45(32)44(31)40)30-16-14-29(15-17-30)34-8-6-26-46-28-34;1-3-9-42-38(7-1)39-8-2-4-10-43(39)47(42)35-21-15-31(16-22-35)37-24-18-33-19-25-40-36(23-17-32-20-26-41(37)45(33)44(32)40)30-13-11-29(12-14-30)34-6-5-27-46-28-34;1-3-7-42-38(5-1)39-6-2-4-8-43(39)47(42)35-19-13-32(14-20-35)37-22-16-34-17-23-40-36(21-15-33-18-24-41(37)45(34)44(33)40)31-11-9-29(10-12-31)30-25-27-46-28-26-30/h3*1-28H. The Morgan fingerprint density at radius 3 is 0.631 bits per heavy atom. The molecule has 0 aliphatic rings. The molecule has 24 aromatic carbocycles. The molecule has 0 N–H and O–H groups in total. The number of hydrogen-bond donors (Lipinski definition) is 0. The molecule has 30 aromatic rings. The van der Waals surface area contributed by atoms with Gasteiger partial charge in [-0.15, -0.1) is 0 Å². The van der Waals surface area contributed by atoms with Crippen LogP contribution in [0.2, 0.25) is 0 Å². The Hall–Kier alpha value is -18.8. The molecule has 0 radical (unpaired) electrons. The van der Waals surface area contributed by atoms with Gasteiger partial charge in [-0.1, -0.05) is 376 Å². The molecule has 6 heteroatoms. The topological polar surface area (TPSA) is 53.5 Å². The van der Waals surface area contributed by atoms with E-state index >= 15 is 0 Å². The summed E-state index contributed by atoms with van der Waals surface area (Å²) in [6, 6.07) is 173. The summed E-state index contributed by atoms with van der Waals surface area (Å²) in [6.45, 7) is 0. The van der Waals surface area contributed by atoms with Crippen LogP contribution in [0.5, 0.6) is 0 Å². The second-order valence-electron chi connectivity index (χ2n) is 37.2. The van der Waals surface area contributed by atoms with E-state index in [9.17, 15) is 0 Å². The maximum atomic E-state index is 4.30. The molecule has 0 fully saturated rings. The predicted molar refractivity (Wildman–Crippen MR) is 596 cm³/mol. The lowest BCUT2D eigenvalue weighted by Crippen LogP contribution is -1.94. The molecule has 6 heterocycles. The van der Waals surface area contributed by atoms with E-state index in [4.69, 9.17) is 0 Å². The third-order valence-electron chi connectivity index (χ3n) is 29.6. The van der Waals surface area contributed by atoms with Crippen LogP contribution in [0.25, 0.3) is 280 Å². The Balaban J connectivity index is 0.000000104. The van der Waals surface area contributed by atoms with Gasteiger partial charge in [-0.2, -0.15) is 0 Å². The van der Waals surface area contributed by atoms with Crippen LogP contribution >= 0.6 is 0 Å². The molecular weight excluding hydrogens is 1710 g/mol. The fraction of sp³-hybridized carbons (Fsp3) is 0. The zero-order valence-electron chi connectivity index (χ0n) is 76.7. The van der Waals surface area contributed by atoms with Crippen LogP contribution in [-0.2, 0) is 0 Å². The Kier molecular flexibility index (Phi) is 18.9. The summed E-state index contributed by atoms with van der Waals surface area (Å²) in [4.78, 5) is 12.8. The highest BCUT2D eigenvalue weighted by atomic mass is 15.0. The van der Waals surface area contributed by atoms with Crippen molar-refractivity contribution in [1.82, 2.24) is 28.7 Å². The average Bonchev–Trinajstić information content (AvgIpc) is 1.73. The number of benzene rings is 24. The summed E-state index contributed by atoms with van der Waals surface area (Å²) in [7, 11) is 0. The summed E-state index contributed by atoms with van der Waals surface area (Å²) in [5, 5.41) is 31.0. The van der Waals surface area contributed by atoms with E-state index in [1.165, 1.54) is 268 Å². The van der Waals surface area contributed by atoms with Gasteiger partial charge in [0.15, 0.2) is 0 Å². The van der Waals surface area contributed by atoms with E-state index in [2.05, 4.69) is 490 Å². The lowest BCUT2D eigenvalue weighted by molar-refractivity contribution is 1.18. The molecule has 0 spiro atoms. The van der Waals surface area contributed by atoms with Gasteiger partial charge in [0.05, 0.1) is 33.1 Å². The number of hydrogen-bond acceptors (Lipinski definition) is 3. The molecule has 0 saturated heterocycles. The molecule has 0 saturated carbocycles. The number of para-hydroxylation sites is 6. The molecule has 0 aliphatic heterocycles. The van der Waals surface area contributed by atoms with Crippen molar-refractivity contribution in [3.05, 3.63) is 510 Å². The lowest BCUT2D eigenvalue weighted by atomic mass is 9.87. The highest BCUT2D eigenvalue weighted by Crippen LogP contribution is 2.49. The van der Waals surface area contributed by atoms with E-state index in [-0.39, 0.29) is 0 Å². The molecule has 0 atom stereocenters. The quantitative estimate of drug-likeness (QED) is 0.115. The minimum absolute atomic E-state index is 1.13. The van der Waals surface area contributed by atoms with Crippen molar-refractivity contribution >= 4 is 162 Å². The Bertz CT molecular complexity index is 9580. The molecule has 0 aliphatic carbocycles. The molecule has 0 amide bonds. The van der Waals surface area contributed by atoms with E-state index in [1.807, 2.05) is 49.3 Å². The lowest BCUT2D eigenvalue weighted by Gasteiger charge is -2.17. The Labute approximate surface area is 812 Å². The summed E-state index contributed by atoms with van der Waals surface area (Å²) >= 11 is 0. The minimum Gasteiger partial charge on any atom is -0.309 e. The van der Waals surface area contributed by atoms with E-state index in [0.29, 0.717) is 0 Å². The van der Waals surface area contributed by atoms with E-state index in [1.54, 1.807) is 0 Å². The van der Waals surface area contributed by atoms with Crippen molar-refractivity contribution in [2.75, 3.05) is 0 Å². The molecule has 141 heavy (non-hydrogen) atoms. The Morgan fingerprint density at radius 2 is 0.355 bits per heavy atom. The molecular formula is C135H84N6. The van der Waals surface area contributed by atoms with Crippen LogP contribution in [0.4, 0.5) is 0 Å². The summed E-state index contributed by atoms with van der Waals surface area (Å²) in [5.74, 6) is 0. The molecule has 654 valence electrons. The largest absolute Gasteiger partial charge is 0.309 e. The van der Waals surface area contributed by atoms with Crippen molar-refractivity contribution in [2.24, 2.45) is 0 Å². The molecule has 6 aromatic heterocycles. The SMILES string of the molecule is c1ccc2c(c1)c1ccccc1n2-c1ccc(-c2ccc3ccc4c(-c5ccc(-c6ccncc6)cc5)ccc5ccc2c3c54)cc1.c1cncc(-c2ccc(-c3ccc4ccc5c(-c6ccc(-n7c8ccccc8c8ccccc87)cc6)ccc6ccc3c4c65)cc2)c1.c1cncc(-c2ccc(-c3ccc4ccc5c(-c6cccc(-n7c8ccccc8c8ccccc87)c6)ccc6ccc3c4c65)cc2)c1. The predicted octanol–water partition coefficient (Wildman–Crippen LogP) is 36.2. The van der Waals surface area contributed by atoms with Gasteiger partial charge < -0.3 is 13.7 Å². The van der Waals surface area contributed by atoms with E-state index in [0.717, 1.165) is 11.1 Å². The van der Waals surface area contributed by atoms with Crippen LogP contribution in [0.3, 0.4) is 0 Å². The van der Waals surface area contributed by atoms with Crippen molar-refractivity contribution < 1.29 is 0 Å². The first-order valence-corrected chi connectivity index (χ1v) is 48.4. The van der Waals surface area contributed by atoms with Gasteiger partial charge in [0, 0.05) is 86.6 Å². The Morgan fingerprint density at radius 1 is 0.128 bits per heavy atom. The first-order valence-electron chi connectivity index (χ1n) is 48.4. The normalized spacial score (nSPS) is 11.8. The van der Waals surface area contributed by atoms with Gasteiger partial charge in [0.25, 0.3) is 0 Å². The number of fused-ring (bicyclic) bond motifs is 9. The first kappa shape index (κ1) is 80.7. The first-order chi connectivity index (χ1) is 69.9. The maximum Gasteiger partial charge on any atom is 0.0541 e. The van der Waals surface area contributed by atoms with Crippen LogP contribution in [-0.4, -0.2) is 28.7 Å². The van der Waals surface area contributed by atoms with Crippen molar-refractivity contribution in [2.45, 2.75) is 0 Å². The molecule has 0 bridgehead atoms. The summed E-state index contributed by atoms with van der Waals surface area (Å²) in [6.07, 6.45) is 11.2. The van der Waals surface area contributed by atoms with Crippen LogP contribution in [0.1, 0.15) is 0 Å². The summed E-state index contributed by atoms with van der Waals surface area (Å²) in [5.41, 5.74) is 32.7. The van der Waals surface area contributed by atoms with Gasteiger partial charge in [-0.05, 0) is 294 Å². The second-order valence-corrected chi connectivity index (χ2v) is 37.2. The van der Waals surface area contributed by atoms with Gasteiger partial charge in [0.2, 0.25) is 0 Å². The van der Waals surface area contributed by atoms with Crippen LogP contribution in [0, 0.1) is 0 Å². The molecule has 30 rings (SSSR count). The van der Waals surface area contributed by atoms with E-state index < -0.39 is 0 Å².